The molecule has 17 heavy (non-hydrogen) atoms. The third-order valence-electron chi connectivity index (χ3n) is 3.28. The fraction of sp³-hybridized carbons (Fsp3) is 0.818. The molecule has 1 atom stereocenters. The van der Waals surface area contributed by atoms with Gasteiger partial charge in [0.15, 0.2) is 0 Å². The molecule has 1 fully saturated rings. The average molecular weight is 243 g/mol. The highest BCUT2D eigenvalue weighted by Gasteiger charge is 2.41. The number of hydrogen-bond acceptors (Lipinski definition) is 4. The maximum absolute atomic E-state index is 11.8. The zero-order chi connectivity index (χ0) is 13.1. The molecule has 0 aromatic heterocycles. The number of carboxylic acid groups (broad SMARTS) is 1. The third kappa shape index (κ3) is 3.17. The van der Waals surface area contributed by atoms with Crippen molar-refractivity contribution < 1.29 is 14.7 Å². The van der Waals surface area contributed by atoms with Crippen molar-refractivity contribution in [1.29, 1.82) is 0 Å². The van der Waals surface area contributed by atoms with E-state index in [-0.39, 0.29) is 19.0 Å². The maximum atomic E-state index is 11.8. The minimum Gasteiger partial charge on any atom is -0.480 e. The Hall–Kier alpha value is -1.14. The number of carbonyl (C=O) groups excluding carboxylic acids is 1. The number of hydrogen-bond donors (Lipinski definition) is 2. The summed E-state index contributed by atoms with van der Waals surface area (Å²) in [4.78, 5) is 26.3. The molecule has 0 bridgehead atoms. The van der Waals surface area contributed by atoms with E-state index >= 15 is 0 Å². The average Bonchev–Trinajstić information content (AvgIpc) is 2.63. The molecule has 1 unspecified atom stereocenters. The molecule has 1 amide bonds. The van der Waals surface area contributed by atoms with E-state index in [9.17, 15) is 9.59 Å². The molecule has 3 N–H and O–H groups in total. The van der Waals surface area contributed by atoms with Crippen LogP contribution in [0.1, 0.15) is 20.3 Å². The lowest BCUT2D eigenvalue weighted by atomic mass is 10.0. The molecule has 0 aliphatic carbocycles. The Morgan fingerprint density at radius 2 is 2.00 bits per heavy atom. The fourth-order valence-corrected chi connectivity index (χ4v) is 2.09. The molecule has 6 heteroatoms. The van der Waals surface area contributed by atoms with E-state index < -0.39 is 11.5 Å². The number of likely N-dealkylation sites (N-methyl/N-ethyl adjacent to an activating group) is 1. The Kier molecular flexibility index (Phi) is 4.47. The van der Waals surface area contributed by atoms with Crippen LogP contribution in [0.2, 0.25) is 0 Å². The van der Waals surface area contributed by atoms with Crippen molar-refractivity contribution in [3.63, 3.8) is 0 Å². The quantitative estimate of drug-likeness (QED) is 0.669. The van der Waals surface area contributed by atoms with Gasteiger partial charge in [-0.15, -0.1) is 0 Å². The van der Waals surface area contributed by atoms with Crippen LogP contribution in [0.5, 0.6) is 0 Å². The molecular weight excluding hydrogens is 222 g/mol. The number of nitrogens with zero attached hydrogens (tertiary/aromatic N) is 2. The van der Waals surface area contributed by atoms with Crippen LogP contribution in [-0.2, 0) is 9.59 Å². The minimum absolute atomic E-state index is 0.0321. The molecule has 1 rings (SSSR count). The van der Waals surface area contributed by atoms with E-state index in [0.717, 1.165) is 0 Å². The van der Waals surface area contributed by atoms with Gasteiger partial charge < -0.3 is 15.7 Å². The van der Waals surface area contributed by atoms with Crippen LogP contribution in [0.3, 0.4) is 0 Å². The summed E-state index contributed by atoms with van der Waals surface area (Å²) in [6, 6.07) is 0. The van der Waals surface area contributed by atoms with E-state index in [4.69, 9.17) is 10.8 Å². The van der Waals surface area contributed by atoms with Crippen LogP contribution in [0.15, 0.2) is 0 Å². The standard InChI is InChI=1S/C11H21N3O3/c1-3-14(4-2)9(15)7-13-6-5-11(12,8-13)10(16)17/h3-8,12H2,1-2H3,(H,16,17). The molecule has 0 spiro atoms. The van der Waals surface area contributed by atoms with Crippen LogP contribution in [-0.4, -0.2) is 65.0 Å². The van der Waals surface area contributed by atoms with E-state index in [1.54, 1.807) is 4.90 Å². The van der Waals surface area contributed by atoms with Gasteiger partial charge in [-0.1, -0.05) is 0 Å². The predicted molar refractivity (Wildman–Crippen MR) is 63.5 cm³/mol. The molecule has 1 aliphatic rings. The van der Waals surface area contributed by atoms with Crippen LogP contribution in [0.4, 0.5) is 0 Å². The van der Waals surface area contributed by atoms with Gasteiger partial charge in [0.05, 0.1) is 6.54 Å². The Labute approximate surface area is 101 Å². The highest BCUT2D eigenvalue weighted by molar-refractivity contribution is 5.81. The highest BCUT2D eigenvalue weighted by atomic mass is 16.4. The van der Waals surface area contributed by atoms with Crippen molar-refractivity contribution in [3.8, 4) is 0 Å². The highest BCUT2D eigenvalue weighted by Crippen LogP contribution is 2.18. The Balaban J connectivity index is 2.50. The first-order valence-corrected chi connectivity index (χ1v) is 5.95. The minimum atomic E-state index is -1.19. The molecule has 0 radical (unpaired) electrons. The number of amides is 1. The summed E-state index contributed by atoms with van der Waals surface area (Å²) in [6.45, 7) is 6.27. The van der Waals surface area contributed by atoms with Crippen molar-refractivity contribution in [3.05, 3.63) is 0 Å². The van der Waals surface area contributed by atoms with Crippen molar-refractivity contribution in [2.75, 3.05) is 32.7 Å². The molecule has 6 nitrogen and oxygen atoms in total. The fourth-order valence-electron chi connectivity index (χ4n) is 2.09. The first kappa shape index (κ1) is 13.9. The molecular formula is C11H21N3O3. The van der Waals surface area contributed by atoms with Gasteiger partial charge >= 0.3 is 5.97 Å². The molecule has 0 aromatic carbocycles. The lowest BCUT2D eigenvalue weighted by Gasteiger charge is -2.23. The number of aliphatic carboxylic acids is 1. The number of nitrogens with two attached hydrogens (primary N) is 1. The summed E-state index contributed by atoms with van der Waals surface area (Å²) in [5, 5.41) is 8.98. The van der Waals surface area contributed by atoms with Gasteiger partial charge in [-0.2, -0.15) is 0 Å². The summed E-state index contributed by atoms with van der Waals surface area (Å²) < 4.78 is 0. The van der Waals surface area contributed by atoms with Crippen molar-refractivity contribution in [1.82, 2.24) is 9.80 Å². The zero-order valence-corrected chi connectivity index (χ0v) is 10.5. The Bertz CT molecular complexity index is 304. The topological polar surface area (TPSA) is 86.9 Å². The van der Waals surface area contributed by atoms with Gasteiger partial charge in [0.1, 0.15) is 5.54 Å². The summed E-state index contributed by atoms with van der Waals surface area (Å²) in [7, 11) is 0. The van der Waals surface area contributed by atoms with Crippen molar-refractivity contribution in [2.24, 2.45) is 5.73 Å². The van der Waals surface area contributed by atoms with E-state index in [1.807, 2.05) is 18.7 Å². The SMILES string of the molecule is CCN(CC)C(=O)CN1CCC(N)(C(=O)O)C1. The second-order valence-electron chi connectivity index (χ2n) is 4.49. The summed E-state index contributed by atoms with van der Waals surface area (Å²) >= 11 is 0. The molecule has 0 aromatic rings. The van der Waals surface area contributed by atoms with E-state index in [1.165, 1.54) is 0 Å². The van der Waals surface area contributed by atoms with Gasteiger partial charge in [0.2, 0.25) is 5.91 Å². The van der Waals surface area contributed by atoms with E-state index in [2.05, 4.69) is 0 Å². The largest absolute Gasteiger partial charge is 0.480 e. The lowest BCUT2D eigenvalue weighted by Crippen LogP contribution is -2.51. The van der Waals surface area contributed by atoms with Crippen LogP contribution in [0, 0.1) is 0 Å². The number of carboxylic acids is 1. The Morgan fingerprint density at radius 3 is 2.41 bits per heavy atom. The first-order valence-electron chi connectivity index (χ1n) is 5.95. The molecule has 0 saturated carbocycles. The van der Waals surface area contributed by atoms with Gasteiger partial charge in [0.25, 0.3) is 0 Å². The molecule has 1 saturated heterocycles. The molecule has 1 aliphatic heterocycles. The van der Waals surface area contributed by atoms with Gasteiger partial charge in [-0.3, -0.25) is 14.5 Å². The Morgan fingerprint density at radius 1 is 1.41 bits per heavy atom. The molecule has 98 valence electrons. The second kappa shape index (κ2) is 5.46. The van der Waals surface area contributed by atoms with E-state index in [0.29, 0.717) is 26.1 Å². The van der Waals surface area contributed by atoms with Gasteiger partial charge in [0, 0.05) is 26.2 Å². The lowest BCUT2D eigenvalue weighted by molar-refractivity contribution is -0.143. The van der Waals surface area contributed by atoms with Crippen molar-refractivity contribution in [2.45, 2.75) is 25.8 Å². The summed E-state index contributed by atoms with van der Waals surface area (Å²) in [5.74, 6) is -0.958. The van der Waals surface area contributed by atoms with Crippen LogP contribution >= 0.6 is 0 Å². The smallest absolute Gasteiger partial charge is 0.325 e. The van der Waals surface area contributed by atoms with Gasteiger partial charge in [-0.25, -0.2) is 0 Å². The second-order valence-corrected chi connectivity index (χ2v) is 4.49. The maximum Gasteiger partial charge on any atom is 0.325 e. The normalized spacial score (nSPS) is 24.9. The third-order valence-corrected chi connectivity index (χ3v) is 3.28. The molecule has 1 heterocycles. The predicted octanol–water partition coefficient (Wildman–Crippen LogP) is -0.657. The number of carbonyl (C=O) groups is 2. The monoisotopic (exact) mass is 243 g/mol. The summed E-state index contributed by atoms with van der Waals surface area (Å²) in [5.41, 5.74) is 4.55. The zero-order valence-electron chi connectivity index (χ0n) is 10.5. The van der Waals surface area contributed by atoms with Crippen LogP contribution < -0.4 is 5.73 Å². The van der Waals surface area contributed by atoms with Crippen LogP contribution in [0.25, 0.3) is 0 Å². The summed E-state index contributed by atoms with van der Waals surface area (Å²) in [6.07, 6.45) is 0.397. The van der Waals surface area contributed by atoms with Gasteiger partial charge in [-0.05, 0) is 20.3 Å². The first-order chi connectivity index (χ1) is 7.92. The number of rotatable bonds is 5. The van der Waals surface area contributed by atoms with Crippen molar-refractivity contribution >= 4 is 11.9 Å². The number of likely N-dealkylation sites (tertiary alicyclic amines) is 1.